The molecular formula is C15H21N5O2. The zero-order valence-electron chi connectivity index (χ0n) is 13.2. The van der Waals surface area contributed by atoms with E-state index in [1.165, 1.54) is 0 Å². The van der Waals surface area contributed by atoms with E-state index in [1.807, 2.05) is 31.9 Å². The number of hydrogen-bond acceptors (Lipinski definition) is 4. The number of H-pyrrole nitrogens is 1. The maximum Gasteiger partial charge on any atom is 0.257 e. The van der Waals surface area contributed by atoms with Crippen molar-refractivity contribution in [3.8, 4) is 0 Å². The molecule has 1 atom stereocenters. The molecule has 1 N–H and O–H groups in total. The molecule has 2 aromatic heterocycles. The summed E-state index contributed by atoms with van der Waals surface area (Å²) < 4.78 is 7.53. The Labute approximate surface area is 129 Å². The fourth-order valence-corrected chi connectivity index (χ4v) is 2.66. The van der Waals surface area contributed by atoms with Gasteiger partial charge in [-0.2, -0.15) is 5.10 Å². The Morgan fingerprint density at radius 1 is 1.50 bits per heavy atom. The van der Waals surface area contributed by atoms with Gasteiger partial charge < -0.3 is 14.6 Å². The third-order valence-corrected chi connectivity index (χ3v) is 3.88. The van der Waals surface area contributed by atoms with Crippen LogP contribution < -0.4 is 0 Å². The Balaban J connectivity index is 1.76. The van der Waals surface area contributed by atoms with Gasteiger partial charge in [0.05, 0.1) is 24.4 Å². The summed E-state index contributed by atoms with van der Waals surface area (Å²) in [5.41, 5.74) is 2.42. The molecule has 118 valence electrons. The van der Waals surface area contributed by atoms with E-state index in [0.717, 1.165) is 23.8 Å². The van der Waals surface area contributed by atoms with Crippen molar-refractivity contribution in [3.05, 3.63) is 35.2 Å². The van der Waals surface area contributed by atoms with Gasteiger partial charge in [0.2, 0.25) is 0 Å². The Kier molecular flexibility index (Phi) is 3.98. The first kappa shape index (κ1) is 14.8. The molecule has 0 spiro atoms. The number of aryl methyl sites for hydroxylation is 3. The first-order valence-electron chi connectivity index (χ1n) is 7.55. The minimum absolute atomic E-state index is 0.00813. The SMILES string of the molecule is CCn1cc(C(=O)N2CCO[C@H](c3ncc(C)[nH]3)C2)c(C)n1. The van der Waals surface area contributed by atoms with Crippen LogP contribution in [-0.4, -0.2) is 50.3 Å². The zero-order valence-corrected chi connectivity index (χ0v) is 13.2. The van der Waals surface area contributed by atoms with Gasteiger partial charge in [-0.1, -0.05) is 0 Å². The van der Waals surface area contributed by atoms with E-state index < -0.39 is 0 Å². The third-order valence-electron chi connectivity index (χ3n) is 3.88. The van der Waals surface area contributed by atoms with Crippen molar-refractivity contribution in [1.29, 1.82) is 0 Å². The fourth-order valence-electron chi connectivity index (χ4n) is 2.66. The van der Waals surface area contributed by atoms with Crippen molar-refractivity contribution in [2.45, 2.75) is 33.4 Å². The van der Waals surface area contributed by atoms with E-state index in [2.05, 4.69) is 15.1 Å². The lowest BCUT2D eigenvalue weighted by atomic mass is 10.2. The average molecular weight is 303 g/mol. The first-order valence-corrected chi connectivity index (χ1v) is 7.55. The van der Waals surface area contributed by atoms with Gasteiger partial charge in [0.1, 0.15) is 11.9 Å². The number of carbonyl (C=O) groups is 1. The summed E-state index contributed by atoms with van der Waals surface area (Å²) in [6.45, 7) is 8.18. The lowest BCUT2D eigenvalue weighted by Gasteiger charge is -2.32. The number of aromatic amines is 1. The van der Waals surface area contributed by atoms with Gasteiger partial charge in [-0.3, -0.25) is 9.48 Å². The lowest BCUT2D eigenvalue weighted by Crippen LogP contribution is -2.42. The molecule has 1 saturated heterocycles. The number of aromatic nitrogens is 4. The van der Waals surface area contributed by atoms with Crippen LogP contribution in [0.2, 0.25) is 0 Å². The molecule has 1 aliphatic heterocycles. The predicted molar refractivity (Wildman–Crippen MR) is 80.6 cm³/mol. The van der Waals surface area contributed by atoms with Crippen LogP contribution >= 0.6 is 0 Å². The van der Waals surface area contributed by atoms with E-state index in [1.54, 1.807) is 10.9 Å². The molecule has 0 bridgehead atoms. The summed E-state index contributed by atoms with van der Waals surface area (Å²) >= 11 is 0. The summed E-state index contributed by atoms with van der Waals surface area (Å²) in [5, 5.41) is 4.34. The summed E-state index contributed by atoms with van der Waals surface area (Å²) in [5.74, 6) is 0.782. The number of amides is 1. The Hall–Kier alpha value is -2.15. The van der Waals surface area contributed by atoms with Crippen LogP contribution in [0.5, 0.6) is 0 Å². The molecule has 1 aliphatic rings. The first-order chi connectivity index (χ1) is 10.6. The number of hydrogen-bond donors (Lipinski definition) is 1. The standard InChI is InChI=1S/C15H21N5O2/c1-4-20-8-12(11(3)18-20)15(21)19-5-6-22-13(9-19)14-16-7-10(2)17-14/h7-8,13H,4-6,9H2,1-3H3,(H,16,17)/t13-/m0/s1. The van der Waals surface area contributed by atoms with Crippen molar-refractivity contribution in [1.82, 2.24) is 24.6 Å². The summed E-state index contributed by atoms with van der Waals surface area (Å²) in [6, 6.07) is 0. The largest absolute Gasteiger partial charge is 0.367 e. The van der Waals surface area contributed by atoms with Crippen molar-refractivity contribution >= 4 is 5.91 Å². The fraction of sp³-hybridized carbons (Fsp3) is 0.533. The van der Waals surface area contributed by atoms with E-state index in [9.17, 15) is 4.79 Å². The molecule has 7 heteroatoms. The Morgan fingerprint density at radius 3 is 2.95 bits per heavy atom. The topological polar surface area (TPSA) is 76.0 Å². The highest BCUT2D eigenvalue weighted by Gasteiger charge is 2.29. The van der Waals surface area contributed by atoms with Crippen LogP contribution in [0.1, 0.15) is 40.6 Å². The summed E-state index contributed by atoms with van der Waals surface area (Å²) in [6.07, 6.45) is 3.39. The van der Waals surface area contributed by atoms with Crippen LogP contribution in [0.15, 0.2) is 12.4 Å². The summed E-state index contributed by atoms with van der Waals surface area (Å²) in [7, 11) is 0. The Bertz CT molecular complexity index is 675. The molecule has 0 aliphatic carbocycles. The molecule has 3 rings (SSSR count). The normalized spacial score (nSPS) is 18.7. The maximum atomic E-state index is 12.7. The molecule has 0 saturated carbocycles. The number of ether oxygens (including phenoxy) is 1. The zero-order chi connectivity index (χ0) is 15.7. The third kappa shape index (κ3) is 2.76. The minimum Gasteiger partial charge on any atom is -0.367 e. The smallest absolute Gasteiger partial charge is 0.257 e. The second kappa shape index (κ2) is 5.92. The highest BCUT2D eigenvalue weighted by atomic mass is 16.5. The van der Waals surface area contributed by atoms with E-state index in [-0.39, 0.29) is 12.0 Å². The van der Waals surface area contributed by atoms with Gasteiger partial charge in [0.25, 0.3) is 5.91 Å². The van der Waals surface area contributed by atoms with Crippen LogP contribution in [-0.2, 0) is 11.3 Å². The van der Waals surface area contributed by atoms with Crippen LogP contribution in [0.3, 0.4) is 0 Å². The average Bonchev–Trinajstić information content (AvgIpc) is 3.12. The van der Waals surface area contributed by atoms with Crippen molar-refractivity contribution in [2.24, 2.45) is 0 Å². The van der Waals surface area contributed by atoms with Crippen LogP contribution in [0.25, 0.3) is 0 Å². The number of nitrogens with zero attached hydrogens (tertiary/aromatic N) is 4. The van der Waals surface area contributed by atoms with Gasteiger partial charge in [0, 0.05) is 31.2 Å². The number of carbonyl (C=O) groups excluding carboxylic acids is 1. The molecule has 0 aromatic carbocycles. The van der Waals surface area contributed by atoms with Gasteiger partial charge in [0.15, 0.2) is 0 Å². The molecule has 1 fully saturated rings. The number of imidazole rings is 1. The van der Waals surface area contributed by atoms with Gasteiger partial charge in [-0.15, -0.1) is 0 Å². The van der Waals surface area contributed by atoms with Gasteiger partial charge in [-0.25, -0.2) is 4.98 Å². The molecule has 22 heavy (non-hydrogen) atoms. The molecule has 1 amide bonds. The molecule has 2 aromatic rings. The van der Waals surface area contributed by atoms with Crippen molar-refractivity contribution < 1.29 is 9.53 Å². The number of nitrogens with one attached hydrogen (secondary N) is 1. The van der Waals surface area contributed by atoms with E-state index in [0.29, 0.717) is 25.3 Å². The second-order valence-corrected chi connectivity index (χ2v) is 5.55. The highest BCUT2D eigenvalue weighted by molar-refractivity contribution is 5.95. The highest BCUT2D eigenvalue weighted by Crippen LogP contribution is 2.21. The molecular weight excluding hydrogens is 282 g/mol. The van der Waals surface area contributed by atoms with E-state index in [4.69, 9.17) is 4.74 Å². The van der Waals surface area contributed by atoms with Crippen LogP contribution in [0, 0.1) is 13.8 Å². The molecule has 3 heterocycles. The monoisotopic (exact) mass is 303 g/mol. The molecule has 7 nitrogen and oxygen atoms in total. The minimum atomic E-state index is -0.201. The molecule has 0 radical (unpaired) electrons. The Morgan fingerprint density at radius 2 is 2.32 bits per heavy atom. The molecule has 0 unspecified atom stereocenters. The second-order valence-electron chi connectivity index (χ2n) is 5.55. The predicted octanol–water partition coefficient (Wildman–Crippen LogP) is 1.46. The van der Waals surface area contributed by atoms with Crippen molar-refractivity contribution in [3.63, 3.8) is 0 Å². The van der Waals surface area contributed by atoms with E-state index >= 15 is 0 Å². The lowest BCUT2D eigenvalue weighted by molar-refractivity contribution is -0.0265. The number of morpholine rings is 1. The quantitative estimate of drug-likeness (QED) is 0.931. The number of rotatable bonds is 3. The van der Waals surface area contributed by atoms with Gasteiger partial charge >= 0.3 is 0 Å². The van der Waals surface area contributed by atoms with Gasteiger partial charge in [-0.05, 0) is 20.8 Å². The maximum absolute atomic E-state index is 12.7. The summed E-state index contributed by atoms with van der Waals surface area (Å²) in [4.78, 5) is 22.0. The van der Waals surface area contributed by atoms with Crippen LogP contribution in [0.4, 0.5) is 0 Å². The van der Waals surface area contributed by atoms with Crippen molar-refractivity contribution in [2.75, 3.05) is 19.7 Å².